The number of hydrogen-bond donors (Lipinski definition) is 0. The molecule has 0 N–H and O–H groups in total. The van der Waals surface area contributed by atoms with Crippen LogP contribution in [0.25, 0.3) is 11.1 Å². The normalized spacial score (nSPS) is 12.3. The molecule has 0 fully saturated rings. The minimum absolute atomic E-state index is 0.177. The van der Waals surface area contributed by atoms with E-state index in [4.69, 9.17) is 4.74 Å². The topological polar surface area (TPSA) is 9.23 Å². The van der Waals surface area contributed by atoms with Gasteiger partial charge in [0.1, 0.15) is 0 Å². The SMILES string of the molecule is CCCCCCOC(C)c1ccc(-c2ccccc2)cc1. The first kappa shape index (κ1) is 15.8. The van der Waals surface area contributed by atoms with Gasteiger partial charge in [0.05, 0.1) is 6.10 Å². The molecular formula is C20H26O. The third-order valence-electron chi connectivity index (χ3n) is 3.85. The molecule has 0 aliphatic carbocycles. The van der Waals surface area contributed by atoms with Crippen LogP contribution in [0, 0.1) is 0 Å². The lowest BCUT2D eigenvalue weighted by atomic mass is 10.0. The summed E-state index contributed by atoms with van der Waals surface area (Å²) in [4.78, 5) is 0. The Labute approximate surface area is 129 Å². The Morgan fingerprint density at radius 3 is 2.14 bits per heavy atom. The van der Waals surface area contributed by atoms with E-state index in [-0.39, 0.29) is 6.10 Å². The van der Waals surface area contributed by atoms with Crippen LogP contribution in [0.5, 0.6) is 0 Å². The van der Waals surface area contributed by atoms with Gasteiger partial charge in [0.2, 0.25) is 0 Å². The van der Waals surface area contributed by atoms with Gasteiger partial charge in [-0.05, 0) is 30.0 Å². The van der Waals surface area contributed by atoms with Crippen LogP contribution in [0.2, 0.25) is 0 Å². The number of benzene rings is 2. The molecule has 0 aliphatic rings. The molecule has 1 atom stereocenters. The lowest BCUT2D eigenvalue weighted by Crippen LogP contribution is -2.01. The van der Waals surface area contributed by atoms with E-state index in [1.807, 2.05) is 6.07 Å². The van der Waals surface area contributed by atoms with E-state index in [0.717, 1.165) is 6.61 Å². The van der Waals surface area contributed by atoms with E-state index in [9.17, 15) is 0 Å². The van der Waals surface area contributed by atoms with Crippen molar-refractivity contribution in [3.8, 4) is 11.1 Å². The standard InChI is InChI=1S/C20H26O/c1-3-4-5-9-16-21-17(2)18-12-14-20(15-13-18)19-10-7-6-8-11-19/h6-8,10-15,17H,3-5,9,16H2,1-2H3. The molecule has 2 rings (SSSR count). The molecule has 0 aromatic heterocycles. The van der Waals surface area contributed by atoms with Crippen LogP contribution in [-0.2, 0) is 4.74 Å². The molecule has 0 saturated carbocycles. The van der Waals surface area contributed by atoms with Gasteiger partial charge >= 0.3 is 0 Å². The molecule has 0 bridgehead atoms. The molecule has 0 aliphatic heterocycles. The van der Waals surface area contributed by atoms with E-state index >= 15 is 0 Å². The Hall–Kier alpha value is -1.60. The number of hydrogen-bond acceptors (Lipinski definition) is 1. The molecule has 2 aromatic rings. The smallest absolute Gasteiger partial charge is 0.0796 e. The summed E-state index contributed by atoms with van der Waals surface area (Å²) in [6.45, 7) is 5.23. The molecule has 21 heavy (non-hydrogen) atoms. The average molecular weight is 282 g/mol. The Bertz CT molecular complexity index is 501. The molecule has 0 spiro atoms. The average Bonchev–Trinajstić information content (AvgIpc) is 2.55. The van der Waals surface area contributed by atoms with Crippen LogP contribution in [0.3, 0.4) is 0 Å². The van der Waals surface area contributed by atoms with Crippen LogP contribution in [-0.4, -0.2) is 6.61 Å². The summed E-state index contributed by atoms with van der Waals surface area (Å²) in [5.41, 5.74) is 3.77. The Morgan fingerprint density at radius 2 is 1.48 bits per heavy atom. The van der Waals surface area contributed by atoms with Crippen molar-refractivity contribution in [2.45, 2.75) is 45.6 Å². The fraction of sp³-hybridized carbons (Fsp3) is 0.400. The van der Waals surface area contributed by atoms with E-state index in [2.05, 4.69) is 62.4 Å². The van der Waals surface area contributed by atoms with Gasteiger partial charge in [-0.25, -0.2) is 0 Å². The van der Waals surface area contributed by atoms with Crippen molar-refractivity contribution in [3.05, 3.63) is 60.2 Å². The first-order valence-electron chi connectivity index (χ1n) is 8.08. The molecule has 0 saturated heterocycles. The van der Waals surface area contributed by atoms with Crippen LogP contribution >= 0.6 is 0 Å². The number of unbranched alkanes of at least 4 members (excludes halogenated alkanes) is 3. The molecule has 1 nitrogen and oxygen atoms in total. The molecule has 1 heteroatoms. The van der Waals surface area contributed by atoms with Crippen molar-refractivity contribution >= 4 is 0 Å². The second-order valence-corrected chi connectivity index (χ2v) is 5.56. The van der Waals surface area contributed by atoms with Crippen LogP contribution < -0.4 is 0 Å². The minimum Gasteiger partial charge on any atom is -0.374 e. The molecule has 0 amide bonds. The van der Waals surface area contributed by atoms with Crippen LogP contribution in [0.1, 0.15) is 51.2 Å². The first-order chi connectivity index (χ1) is 10.3. The zero-order chi connectivity index (χ0) is 14.9. The quantitative estimate of drug-likeness (QED) is 0.539. The van der Waals surface area contributed by atoms with Gasteiger partial charge in [0, 0.05) is 6.61 Å². The summed E-state index contributed by atoms with van der Waals surface area (Å²) >= 11 is 0. The third-order valence-corrected chi connectivity index (χ3v) is 3.85. The Balaban J connectivity index is 1.87. The van der Waals surface area contributed by atoms with Gasteiger partial charge in [-0.2, -0.15) is 0 Å². The number of rotatable bonds is 8. The molecule has 0 heterocycles. The minimum atomic E-state index is 0.177. The maximum Gasteiger partial charge on any atom is 0.0796 e. The zero-order valence-corrected chi connectivity index (χ0v) is 13.2. The van der Waals surface area contributed by atoms with Crippen molar-refractivity contribution in [1.29, 1.82) is 0 Å². The highest BCUT2D eigenvalue weighted by Gasteiger charge is 2.06. The van der Waals surface area contributed by atoms with Crippen LogP contribution in [0.4, 0.5) is 0 Å². The van der Waals surface area contributed by atoms with Crippen molar-refractivity contribution in [2.75, 3.05) is 6.61 Å². The van der Waals surface area contributed by atoms with E-state index < -0.39 is 0 Å². The second kappa shape index (κ2) is 8.63. The lowest BCUT2D eigenvalue weighted by Gasteiger charge is -2.14. The van der Waals surface area contributed by atoms with E-state index in [1.54, 1.807) is 0 Å². The van der Waals surface area contributed by atoms with Crippen molar-refractivity contribution in [3.63, 3.8) is 0 Å². The van der Waals surface area contributed by atoms with Crippen molar-refractivity contribution in [2.24, 2.45) is 0 Å². The first-order valence-corrected chi connectivity index (χ1v) is 8.08. The fourth-order valence-corrected chi connectivity index (χ4v) is 2.46. The maximum absolute atomic E-state index is 5.92. The highest BCUT2D eigenvalue weighted by atomic mass is 16.5. The van der Waals surface area contributed by atoms with Gasteiger partial charge < -0.3 is 4.74 Å². The van der Waals surface area contributed by atoms with Gasteiger partial charge in [-0.1, -0.05) is 80.8 Å². The predicted molar refractivity (Wildman–Crippen MR) is 90.4 cm³/mol. The second-order valence-electron chi connectivity index (χ2n) is 5.56. The van der Waals surface area contributed by atoms with Crippen molar-refractivity contribution in [1.82, 2.24) is 0 Å². The van der Waals surface area contributed by atoms with Gasteiger partial charge in [-0.3, -0.25) is 0 Å². The van der Waals surface area contributed by atoms with Gasteiger partial charge in [0.25, 0.3) is 0 Å². The fourth-order valence-electron chi connectivity index (χ4n) is 2.46. The molecule has 112 valence electrons. The summed E-state index contributed by atoms with van der Waals surface area (Å²) in [6.07, 6.45) is 5.20. The van der Waals surface area contributed by atoms with Gasteiger partial charge in [-0.15, -0.1) is 0 Å². The summed E-state index contributed by atoms with van der Waals surface area (Å²) in [5, 5.41) is 0. The Morgan fingerprint density at radius 1 is 0.810 bits per heavy atom. The Kier molecular flexibility index (Phi) is 6.49. The summed E-state index contributed by atoms with van der Waals surface area (Å²) in [5.74, 6) is 0. The molecule has 1 unspecified atom stereocenters. The summed E-state index contributed by atoms with van der Waals surface area (Å²) in [6, 6.07) is 19.2. The molecular weight excluding hydrogens is 256 g/mol. The van der Waals surface area contributed by atoms with Crippen LogP contribution in [0.15, 0.2) is 54.6 Å². The lowest BCUT2D eigenvalue weighted by molar-refractivity contribution is 0.0628. The maximum atomic E-state index is 5.92. The number of ether oxygens (including phenoxy) is 1. The molecule has 2 aromatic carbocycles. The largest absolute Gasteiger partial charge is 0.374 e. The monoisotopic (exact) mass is 282 g/mol. The highest BCUT2D eigenvalue weighted by Crippen LogP contribution is 2.23. The van der Waals surface area contributed by atoms with E-state index in [0.29, 0.717) is 0 Å². The predicted octanol–water partition coefficient (Wildman–Crippen LogP) is 6.01. The summed E-state index contributed by atoms with van der Waals surface area (Å²) in [7, 11) is 0. The summed E-state index contributed by atoms with van der Waals surface area (Å²) < 4.78 is 5.92. The van der Waals surface area contributed by atoms with Crippen molar-refractivity contribution < 1.29 is 4.74 Å². The van der Waals surface area contributed by atoms with Gasteiger partial charge in [0.15, 0.2) is 0 Å². The highest BCUT2D eigenvalue weighted by molar-refractivity contribution is 5.63. The van der Waals surface area contributed by atoms with E-state index in [1.165, 1.54) is 42.4 Å². The third kappa shape index (κ3) is 5.02. The zero-order valence-electron chi connectivity index (χ0n) is 13.2. The molecule has 0 radical (unpaired) electrons.